The summed E-state index contributed by atoms with van der Waals surface area (Å²) in [5.74, 6) is 0. The van der Waals surface area contributed by atoms with Crippen molar-refractivity contribution in [3.8, 4) is 6.07 Å². The summed E-state index contributed by atoms with van der Waals surface area (Å²) in [4.78, 5) is 12.5. The number of nitriles is 1. The average Bonchev–Trinajstić information content (AvgIpc) is 3.15. The van der Waals surface area contributed by atoms with Crippen molar-refractivity contribution in [2.75, 3.05) is 11.4 Å². The van der Waals surface area contributed by atoms with Crippen LogP contribution in [-0.4, -0.2) is 17.5 Å². The van der Waals surface area contributed by atoms with E-state index in [4.69, 9.17) is 5.26 Å². The molecule has 0 amide bonds. The van der Waals surface area contributed by atoms with Crippen LogP contribution in [0.4, 0.5) is 11.4 Å². The molecular weight excluding hydrogens is 230 g/mol. The summed E-state index contributed by atoms with van der Waals surface area (Å²) >= 11 is 0. The minimum atomic E-state index is -0.381. The van der Waals surface area contributed by atoms with E-state index < -0.39 is 0 Å². The third-order valence-corrected chi connectivity index (χ3v) is 3.15. The lowest BCUT2D eigenvalue weighted by Gasteiger charge is -2.25. The molecule has 94 valence electrons. The monoisotopic (exact) mass is 245 g/mol. The molecule has 0 aliphatic heterocycles. The van der Waals surface area contributed by atoms with Gasteiger partial charge in [-0.1, -0.05) is 0 Å². The molecule has 0 radical (unpaired) electrons. The highest BCUT2D eigenvalue weighted by Gasteiger charge is 2.30. The Morgan fingerprint density at radius 2 is 2.28 bits per heavy atom. The summed E-state index contributed by atoms with van der Waals surface area (Å²) in [6, 6.07) is 7.57. The molecule has 1 saturated carbocycles. The Bertz CT molecular complexity index is 503. The van der Waals surface area contributed by atoms with Crippen molar-refractivity contribution in [1.29, 1.82) is 5.26 Å². The molecule has 0 bridgehead atoms. The molecule has 5 heteroatoms. The molecule has 0 spiro atoms. The number of hydrogen-bond acceptors (Lipinski definition) is 4. The number of rotatable bonds is 5. The van der Waals surface area contributed by atoms with Gasteiger partial charge in [-0.25, -0.2) is 0 Å². The first-order chi connectivity index (χ1) is 8.63. The quantitative estimate of drug-likeness (QED) is 0.590. The Hall–Kier alpha value is -2.09. The molecule has 0 heterocycles. The zero-order chi connectivity index (χ0) is 13.1. The highest BCUT2D eigenvalue weighted by atomic mass is 16.6. The predicted molar refractivity (Wildman–Crippen MR) is 68.4 cm³/mol. The zero-order valence-corrected chi connectivity index (χ0v) is 10.3. The van der Waals surface area contributed by atoms with Crippen LogP contribution >= 0.6 is 0 Å². The van der Waals surface area contributed by atoms with E-state index in [1.54, 1.807) is 12.1 Å². The first kappa shape index (κ1) is 12.4. The van der Waals surface area contributed by atoms with E-state index in [-0.39, 0.29) is 10.6 Å². The van der Waals surface area contributed by atoms with Gasteiger partial charge in [-0.15, -0.1) is 0 Å². The van der Waals surface area contributed by atoms with Gasteiger partial charge in [0.2, 0.25) is 0 Å². The number of nitro groups is 1. The van der Waals surface area contributed by atoms with Crippen LogP contribution in [0.25, 0.3) is 0 Å². The molecule has 0 N–H and O–H groups in total. The van der Waals surface area contributed by atoms with Crippen molar-refractivity contribution in [3.63, 3.8) is 0 Å². The van der Waals surface area contributed by atoms with Crippen molar-refractivity contribution in [2.45, 2.75) is 32.2 Å². The summed E-state index contributed by atoms with van der Waals surface area (Å²) < 4.78 is 0. The highest BCUT2D eigenvalue weighted by molar-refractivity contribution is 5.58. The number of aryl methyl sites for hydroxylation is 1. The second-order valence-corrected chi connectivity index (χ2v) is 4.56. The number of benzene rings is 1. The van der Waals surface area contributed by atoms with Gasteiger partial charge < -0.3 is 4.90 Å². The second-order valence-electron chi connectivity index (χ2n) is 4.56. The minimum absolute atomic E-state index is 0.118. The maximum atomic E-state index is 10.7. The summed E-state index contributed by atoms with van der Waals surface area (Å²) in [6.45, 7) is 2.57. The fraction of sp³-hybridized carbons (Fsp3) is 0.462. The van der Waals surface area contributed by atoms with Crippen molar-refractivity contribution in [2.24, 2.45) is 0 Å². The third kappa shape index (κ3) is 2.59. The smallest absolute Gasteiger partial charge is 0.269 e. The molecule has 5 nitrogen and oxygen atoms in total. The molecule has 1 aliphatic rings. The van der Waals surface area contributed by atoms with Crippen molar-refractivity contribution in [1.82, 2.24) is 0 Å². The normalized spacial score (nSPS) is 14.0. The zero-order valence-electron chi connectivity index (χ0n) is 10.3. The van der Waals surface area contributed by atoms with Gasteiger partial charge in [-0.3, -0.25) is 10.1 Å². The highest BCUT2D eigenvalue weighted by Crippen LogP contribution is 2.34. The standard InChI is InChI=1S/C13H15N3O2/c1-10-9-12(16(17)18)5-6-13(10)15(8-2-7-14)11-3-4-11/h5-6,9,11H,2-4,8H2,1H3. The van der Waals surface area contributed by atoms with Gasteiger partial charge in [0, 0.05) is 30.4 Å². The van der Waals surface area contributed by atoms with Gasteiger partial charge in [-0.2, -0.15) is 5.26 Å². The van der Waals surface area contributed by atoms with Crippen LogP contribution in [0, 0.1) is 28.4 Å². The Labute approximate surface area is 106 Å². The van der Waals surface area contributed by atoms with E-state index in [2.05, 4.69) is 11.0 Å². The lowest BCUT2D eigenvalue weighted by Crippen LogP contribution is -2.27. The summed E-state index contributed by atoms with van der Waals surface area (Å²) in [5.41, 5.74) is 2.03. The molecule has 1 fully saturated rings. The molecule has 1 aliphatic carbocycles. The minimum Gasteiger partial charge on any atom is -0.367 e. The first-order valence-corrected chi connectivity index (χ1v) is 6.02. The van der Waals surface area contributed by atoms with Crippen LogP contribution in [0.5, 0.6) is 0 Å². The number of non-ortho nitro benzene ring substituents is 1. The van der Waals surface area contributed by atoms with Gasteiger partial charge >= 0.3 is 0 Å². The lowest BCUT2D eigenvalue weighted by molar-refractivity contribution is -0.384. The van der Waals surface area contributed by atoms with Crippen LogP contribution in [0.2, 0.25) is 0 Å². The van der Waals surface area contributed by atoms with Crippen molar-refractivity contribution in [3.05, 3.63) is 33.9 Å². The summed E-state index contributed by atoms with van der Waals surface area (Å²) in [5, 5.41) is 19.4. The van der Waals surface area contributed by atoms with Gasteiger partial charge in [0.1, 0.15) is 0 Å². The van der Waals surface area contributed by atoms with Crippen molar-refractivity contribution >= 4 is 11.4 Å². The predicted octanol–water partition coefficient (Wildman–Crippen LogP) is 2.79. The van der Waals surface area contributed by atoms with E-state index in [1.807, 2.05) is 6.92 Å². The Morgan fingerprint density at radius 1 is 1.56 bits per heavy atom. The molecule has 1 aromatic carbocycles. The van der Waals surface area contributed by atoms with E-state index in [0.29, 0.717) is 19.0 Å². The SMILES string of the molecule is Cc1cc([N+](=O)[O-])ccc1N(CCC#N)C1CC1. The molecule has 0 saturated heterocycles. The number of hydrogen-bond donors (Lipinski definition) is 0. The van der Waals surface area contributed by atoms with Gasteiger partial charge in [0.05, 0.1) is 17.4 Å². The molecule has 2 rings (SSSR count). The van der Waals surface area contributed by atoms with E-state index >= 15 is 0 Å². The number of anilines is 1. The average molecular weight is 245 g/mol. The molecule has 18 heavy (non-hydrogen) atoms. The molecular formula is C13H15N3O2. The van der Waals surface area contributed by atoms with Crippen LogP contribution < -0.4 is 4.90 Å². The van der Waals surface area contributed by atoms with Gasteiger partial charge in [0.25, 0.3) is 5.69 Å². The summed E-state index contributed by atoms with van der Waals surface area (Å²) in [6.07, 6.45) is 2.76. The van der Waals surface area contributed by atoms with E-state index in [1.165, 1.54) is 6.07 Å². The van der Waals surface area contributed by atoms with Crippen LogP contribution in [0.1, 0.15) is 24.8 Å². The van der Waals surface area contributed by atoms with Crippen LogP contribution in [0.3, 0.4) is 0 Å². The van der Waals surface area contributed by atoms with Crippen molar-refractivity contribution < 1.29 is 4.92 Å². The maximum absolute atomic E-state index is 10.7. The fourth-order valence-corrected chi connectivity index (χ4v) is 2.13. The third-order valence-electron chi connectivity index (χ3n) is 3.15. The lowest BCUT2D eigenvalue weighted by atomic mass is 10.1. The van der Waals surface area contributed by atoms with Crippen LogP contribution in [0.15, 0.2) is 18.2 Å². The van der Waals surface area contributed by atoms with Crippen LogP contribution in [-0.2, 0) is 0 Å². The Morgan fingerprint density at radius 3 is 2.78 bits per heavy atom. The number of nitrogens with zero attached hydrogens (tertiary/aromatic N) is 3. The van der Waals surface area contributed by atoms with Gasteiger partial charge in [0.15, 0.2) is 0 Å². The largest absolute Gasteiger partial charge is 0.367 e. The van der Waals surface area contributed by atoms with E-state index in [9.17, 15) is 10.1 Å². The van der Waals surface area contributed by atoms with E-state index in [0.717, 1.165) is 24.1 Å². The fourth-order valence-electron chi connectivity index (χ4n) is 2.13. The Kier molecular flexibility index (Phi) is 3.47. The molecule has 0 aromatic heterocycles. The first-order valence-electron chi connectivity index (χ1n) is 6.02. The Balaban J connectivity index is 2.25. The molecule has 0 atom stereocenters. The van der Waals surface area contributed by atoms with Gasteiger partial charge in [-0.05, 0) is 31.4 Å². The molecule has 0 unspecified atom stereocenters. The maximum Gasteiger partial charge on any atom is 0.269 e. The second kappa shape index (κ2) is 5.05. The topological polar surface area (TPSA) is 70.2 Å². The molecule has 1 aromatic rings. The number of nitro benzene ring substituents is 1. The summed E-state index contributed by atoms with van der Waals surface area (Å²) in [7, 11) is 0.